The number of aromatic amines is 1. The first-order valence-corrected chi connectivity index (χ1v) is 7.96. The van der Waals surface area contributed by atoms with Gasteiger partial charge in [-0.15, -0.1) is 0 Å². The van der Waals surface area contributed by atoms with Gasteiger partial charge in [0.2, 0.25) is 5.91 Å². The van der Waals surface area contributed by atoms with Crippen LogP contribution in [-0.2, 0) is 22.6 Å². The smallest absolute Gasteiger partial charge is 0.266 e. The van der Waals surface area contributed by atoms with Crippen molar-refractivity contribution >= 4 is 11.6 Å². The highest BCUT2D eigenvalue weighted by Crippen LogP contribution is 2.16. The first-order valence-electron chi connectivity index (χ1n) is 7.96. The Morgan fingerprint density at radius 3 is 2.80 bits per heavy atom. The van der Waals surface area contributed by atoms with Gasteiger partial charge in [-0.25, -0.2) is 0 Å². The van der Waals surface area contributed by atoms with E-state index < -0.39 is 0 Å². The van der Waals surface area contributed by atoms with E-state index >= 15 is 0 Å². The molecule has 25 heavy (non-hydrogen) atoms. The summed E-state index contributed by atoms with van der Waals surface area (Å²) in [6.45, 7) is 4.00. The summed E-state index contributed by atoms with van der Waals surface area (Å²) < 4.78 is 5.08. The van der Waals surface area contributed by atoms with Crippen molar-refractivity contribution in [3.05, 3.63) is 62.6 Å². The lowest BCUT2D eigenvalue weighted by atomic mass is 9.99. The normalized spacial score (nSPS) is 10.3. The second-order valence-corrected chi connectivity index (χ2v) is 5.85. The van der Waals surface area contributed by atoms with Gasteiger partial charge in [-0.3, -0.25) is 9.59 Å². The molecule has 0 aliphatic rings. The standard InChI is InChI=1S/C19H21N3O3/c1-12-16(13(2)21-19(24)17(12)10-20)7-8-18(23)22-15-6-4-5-14(9-15)11-25-3/h4-6,9H,7-8,11H2,1-3H3,(H,21,24)(H,22,23). The van der Waals surface area contributed by atoms with Crippen molar-refractivity contribution in [3.8, 4) is 6.07 Å². The summed E-state index contributed by atoms with van der Waals surface area (Å²) in [5.74, 6) is -0.127. The maximum atomic E-state index is 12.2. The van der Waals surface area contributed by atoms with Crippen molar-refractivity contribution in [1.29, 1.82) is 5.26 Å². The van der Waals surface area contributed by atoms with Crippen molar-refractivity contribution in [2.45, 2.75) is 33.3 Å². The summed E-state index contributed by atoms with van der Waals surface area (Å²) in [6, 6.07) is 9.39. The number of aromatic nitrogens is 1. The molecule has 1 aromatic carbocycles. The summed E-state index contributed by atoms with van der Waals surface area (Å²) >= 11 is 0. The lowest BCUT2D eigenvalue weighted by Gasteiger charge is -2.11. The molecule has 0 bridgehead atoms. The maximum Gasteiger partial charge on any atom is 0.266 e. The molecule has 6 heteroatoms. The molecular weight excluding hydrogens is 318 g/mol. The quantitative estimate of drug-likeness (QED) is 0.845. The molecule has 0 saturated carbocycles. The molecule has 1 amide bonds. The molecule has 130 valence electrons. The van der Waals surface area contributed by atoms with E-state index in [9.17, 15) is 9.59 Å². The molecule has 2 rings (SSSR count). The van der Waals surface area contributed by atoms with E-state index in [1.807, 2.05) is 30.3 Å². The summed E-state index contributed by atoms with van der Waals surface area (Å²) in [5, 5.41) is 12.0. The number of hydrogen-bond donors (Lipinski definition) is 2. The predicted octanol–water partition coefficient (Wildman–Crippen LogP) is 2.58. The number of carbonyl (C=O) groups excluding carboxylic acids is 1. The Morgan fingerprint density at radius 2 is 2.12 bits per heavy atom. The van der Waals surface area contributed by atoms with Gasteiger partial charge >= 0.3 is 0 Å². The Hall–Kier alpha value is -2.91. The van der Waals surface area contributed by atoms with E-state index in [1.54, 1.807) is 21.0 Å². The highest BCUT2D eigenvalue weighted by atomic mass is 16.5. The van der Waals surface area contributed by atoms with Crippen molar-refractivity contribution in [1.82, 2.24) is 4.98 Å². The minimum absolute atomic E-state index is 0.105. The number of nitriles is 1. The van der Waals surface area contributed by atoms with Gasteiger partial charge in [0.25, 0.3) is 5.56 Å². The summed E-state index contributed by atoms with van der Waals surface area (Å²) in [7, 11) is 1.62. The van der Waals surface area contributed by atoms with Gasteiger partial charge in [-0.1, -0.05) is 12.1 Å². The number of hydrogen-bond acceptors (Lipinski definition) is 4. The summed E-state index contributed by atoms with van der Waals surface area (Å²) in [4.78, 5) is 26.6. The molecule has 0 fully saturated rings. The number of methoxy groups -OCH3 is 1. The highest BCUT2D eigenvalue weighted by Gasteiger charge is 2.13. The molecule has 0 atom stereocenters. The third-order valence-electron chi connectivity index (χ3n) is 4.04. The van der Waals surface area contributed by atoms with Gasteiger partial charge in [-0.2, -0.15) is 5.26 Å². The van der Waals surface area contributed by atoms with Gasteiger partial charge in [0.15, 0.2) is 0 Å². The lowest BCUT2D eigenvalue weighted by Crippen LogP contribution is -2.18. The maximum absolute atomic E-state index is 12.2. The Kier molecular flexibility index (Phi) is 6.09. The molecule has 1 heterocycles. The number of rotatable bonds is 6. The first-order chi connectivity index (χ1) is 12.0. The molecule has 0 aliphatic heterocycles. The average Bonchev–Trinajstić information content (AvgIpc) is 2.55. The van der Waals surface area contributed by atoms with E-state index in [-0.39, 0.29) is 23.5 Å². The van der Waals surface area contributed by atoms with Crippen LogP contribution in [0.2, 0.25) is 0 Å². The molecule has 0 aliphatic carbocycles. The average molecular weight is 339 g/mol. The zero-order valence-corrected chi connectivity index (χ0v) is 14.6. The van der Waals surface area contributed by atoms with Gasteiger partial charge in [0.1, 0.15) is 11.6 Å². The molecule has 1 aromatic heterocycles. The molecule has 6 nitrogen and oxygen atoms in total. The van der Waals surface area contributed by atoms with Gasteiger partial charge in [0, 0.05) is 24.9 Å². The van der Waals surface area contributed by atoms with Crippen LogP contribution in [0, 0.1) is 25.2 Å². The first kappa shape index (κ1) is 18.4. The largest absolute Gasteiger partial charge is 0.380 e. The second kappa shape index (κ2) is 8.27. The van der Waals surface area contributed by atoms with Crippen LogP contribution < -0.4 is 10.9 Å². The number of carbonyl (C=O) groups is 1. The van der Waals surface area contributed by atoms with E-state index in [1.165, 1.54) is 0 Å². The fourth-order valence-corrected chi connectivity index (χ4v) is 2.79. The highest BCUT2D eigenvalue weighted by molar-refractivity contribution is 5.90. The number of benzene rings is 1. The van der Waals surface area contributed by atoms with Crippen molar-refractivity contribution in [2.75, 3.05) is 12.4 Å². The Labute approximate surface area is 146 Å². The van der Waals surface area contributed by atoms with Crippen LogP contribution in [0.1, 0.15) is 34.4 Å². The number of H-pyrrole nitrogens is 1. The zero-order chi connectivity index (χ0) is 18.4. The van der Waals surface area contributed by atoms with Crippen LogP contribution in [0.4, 0.5) is 5.69 Å². The van der Waals surface area contributed by atoms with E-state index in [0.717, 1.165) is 11.1 Å². The fourth-order valence-electron chi connectivity index (χ4n) is 2.79. The Bertz CT molecular complexity index is 878. The summed E-state index contributed by atoms with van der Waals surface area (Å²) in [5.41, 5.74) is 3.57. The number of pyridine rings is 1. The fraction of sp³-hybridized carbons (Fsp3) is 0.316. The van der Waals surface area contributed by atoms with E-state index in [0.29, 0.717) is 30.0 Å². The van der Waals surface area contributed by atoms with E-state index in [4.69, 9.17) is 10.00 Å². The predicted molar refractivity (Wildman–Crippen MR) is 95.4 cm³/mol. The number of nitrogens with one attached hydrogen (secondary N) is 2. The molecule has 2 N–H and O–H groups in total. The molecule has 0 radical (unpaired) electrons. The molecule has 0 saturated heterocycles. The minimum atomic E-state index is -0.388. The molecular formula is C19H21N3O3. The van der Waals surface area contributed by atoms with Gasteiger partial charge < -0.3 is 15.0 Å². The number of aryl methyl sites for hydroxylation is 1. The third-order valence-corrected chi connectivity index (χ3v) is 4.04. The number of nitrogens with zero attached hydrogens (tertiary/aromatic N) is 1. The van der Waals surface area contributed by atoms with Crippen LogP contribution in [0.5, 0.6) is 0 Å². The monoisotopic (exact) mass is 339 g/mol. The molecule has 0 unspecified atom stereocenters. The third kappa shape index (κ3) is 4.55. The second-order valence-electron chi connectivity index (χ2n) is 5.85. The van der Waals surface area contributed by atoms with Gasteiger partial charge in [-0.05, 0) is 49.1 Å². The van der Waals surface area contributed by atoms with Gasteiger partial charge in [0.05, 0.1) is 6.61 Å². The SMILES string of the molecule is COCc1cccc(NC(=O)CCc2c(C)[nH]c(=O)c(C#N)c2C)c1. The van der Waals surface area contributed by atoms with Crippen LogP contribution in [-0.4, -0.2) is 18.0 Å². The minimum Gasteiger partial charge on any atom is -0.380 e. The Balaban J connectivity index is 2.07. The molecule has 2 aromatic rings. The van der Waals surface area contributed by atoms with Crippen LogP contribution in [0.15, 0.2) is 29.1 Å². The lowest BCUT2D eigenvalue weighted by molar-refractivity contribution is -0.116. The van der Waals surface area contributed by atoms with Crippen LogP contribution in [0.25, 0.3) is 0 Å². The Morgan fingerprint density at radius 1 is 1.36 bits per heavy atom. The topological polar surface area (TPSA) is 95.0 Å². The number of amides is 1. The van der Waals surface area contributed by atoms with Crippen molar-refractivity contribution in [3.63, 3.8) is 0 Å². The van der Waals surface area contributed by atoms with E-state index in [2.05, 4.69) is 10.3 Å². The summed E-state index contributed by atoms with van der Waals surface area (Å²) in [6.07, 6.45) is 0.708. The number of ether oxygens (including phenoxy) is 1. The number of anilines is 1. The molecule has 0 spiro atoms. The zero-order valence-electron chi connectivity index (χ0n) is 14.6. The van der Waals surface area contributed by atoms with Crippen molar-refractivity contribution in [2.24, 2.45) is 0 Å². The van der Waals surface area contributed by atoms with Crippen LogP contribution in [0.3, 0.4) is 0 Å². The van der Waals surface area contributed by atoms with Crippen molar-refractivity contribution < 1.29 is 9.53 Å². The van der Waals surface area contributed by atoms with Crippen LogP contribution >= 0.6 is 0 Å².